The van der Waals surface area contributed by atoms with E-state index in [0.717, 1.165) is 13.1 Å². The van der Waals surface area contributed by atoms with Crippen molar-refractivity contribution in [3.05, 3.63) is 30.6 Å². The minimum Gasteiger partial charge on any atom is -0.143 e. The van der Waals surface area contributed by atoms with Gasteiger partial charge in [-0.1, -0.05) is 11.6 Å². The largest absolute Gasteiger partial charge is 0.143 e. The fourth-order valence-electron chi connectivity index (χ4n) is 1.02. The second-order valence-corrected chi connectivity index (χ2v) is 5.55. The summed E-state index contributed by atoms with van der Waals surface area (Å²) in [6.07, 6.45) is 0. The minimum absolute atomic E-state index is 0.811. The fourth-order valence-corrected chi connectivity index (χ4v) is 3.84. The van der Waals surface area contributed by atoms with Crippen LogP contribution in [0.1, 0.15) is 0 Å². The second-order valence-electron chi connectivity index (χ2n) is 2.33. The maximum atomic E-state index is 6.07. The van der Waals surface area contributed by atoms with Gasteiger partial charge in [0.05, 0.1) is 8.59 Å². The van der Waals surface area contributed by atoms with E-state index in [2.05, 4.69) is 56.0 Å². The monoisotopic (exact) mass is 372 g/mol. The maximum absolute atomic E-state index is 6.07. The van der Waals surface area contributed by atoms with Gasteiger partial charge in [0.25, 0.3) is 0 Å². The van der Waals surface area contributed by atoms with Crippen molar-refractivity contribution in [2.24, 2.45) is 0 Å². The molecule has 4 heteroatoms. The quantitative estimate of drug-likeness (QED) is 0.454. The van der Waals surface area contributed by atoms with Gasteiger partial charge in [0.1, 0.15) is 0 Å². The number of hydrogen-bond acceptors (Lipinski definition) is 1. The third kappa shape index (κ3) is 1.41. The highest BCUT2D eigenvalue weighted by Gasteiger charge is 2.08. The Labute approximate surface area is 101 Å². The summed E-state index contributed by atoms with van der Waals surface area (Å²) < 4.78 is 3.37. The molecule has 2 rings (SSSR count). The van der Waals surface area contributed by atoms with Crippen LogP contribution in [0.5, 0.6) is 0 Å². The highest BCUT2D eigenvalue weighted by molar-refractivity contribution is 14.1. The summed E-state index contributed by atoms with van der Waals surface area (Å²) >= 11 is 13.5. The Balaban J connectivity index is 2.94. The fraction of sp³-hybridized carbons (Fsp3) is 0. The first-order valence-electron chi connectivity index (χ1n) is 3.21. The molecule has 0 radical (unpaired) electrons. The smallest absolute Gasteiger partial charge is 0.0696 e. The molecule has 0 unspecified atom stereocenters. The molecular weight excluding hydrogens is 370 g/mol. The van der Waals surface area contributed by atoms with Crippen LogP contribution in [-0.2, 0) is 0 Å². The van der Waals surface area contributed by atoms with Crippen LogP contribution >= 0.6 is 61.5 Å². The van der Waals surface area contributed by atoms with Crippen molar-refractivity contribution in [3.63, 3.8) is 0 Å². The summed E-state index contributed by atoms with van der Waals surface area (Å²) in [6.45, 7) is 0. The van der Waals surface area contributed by atoms with Gasteiger partial charge in [-0.05, 0) is 61.4 Å². The first-order valence-corrected chi connectivity index (χ1v) is 6.34. The first kappa shape index (κ1) is 9.24. The van der Waals surface area contributed by atoms with Gasteiger partial charge < -0.3 is 0 Å². The number of thiophene rings is 1. The van der Waals surface area contributed by atoms with E-state index in [1.807, 2.05) is 0 Å². The molecule has 0 spiro atoms. The van der Waals surface area contributed by atoms with Crippen molar-refractivity contribution in [1.82, 2.24) is 0 Å². The molecule has 0 aliphatic heterocycles. The molecule has 0 saturated carbocycles. The lowest BCUT2D eigenvalue weighted by atomic mass is 10.3. The van der Waals surface area contributed by atoms with Crippen LogP contribution in [0.15, 0.2) is 22.0 Å². The van der Waals surface area contributed by atoms with Crippen LogP contribution < -0.4 is 0 Å². The van der Waals surface area contributed by atoms with Gasteiger partial charge >= 0.3 is 0 Å². The highest BCUT2D eigenvalue weighted by Crippen LogP contribution is 2.36. The van der Waals surface area contributed by atoms with E-state index >= 15 is 0 Å². The molecular formula is C8H3BrClIS. The maximum Gasteiger partial charge on any atom is 0.0696 e. The molecule has 62 valence electrons. The Bertz CT molecular complexity index is 438. The van der Waals surface area contributed by atoms with Gasteiger partial charge in [-0.2, -0.15) is 0 Å². The number of benzene rings is 1. The third-order valence-corrected chi connectivity index (χ3v) is 5.54. The Kier molecular flexibility index (Phi) is 2.65. The third-order valence-electron chi connectivity index (χ3n) is 1.58. The van der Waals surface area contributed by atoms with Gasteiger partial charge in [-0.25, -0.2) is 0 Å². The Hall–Kier alpha value is 0.680. The predicted octanol–water partition coefficient (Wildman–Crippen LogP) is 4.92. The molecule has 0 aliphatic rings. The van der Waals surface area contributed by atoms with Gasteiger partial charge in [0, 0.05) is 9.17 Å². The highest BCUT2D eigenvalue weighted by atomic mass is 127. The normalized spacial score (nSPS) is 10.9. The van der Waals surface area contributed by atoms with E-state index in [9.17, 15) is 0 Å². The molecule has 0 aliphatic carbocycles. The second kappa shape index (κ2) is 3.44. The molecule has 1 heterocycles. The molecule has 0 bridgehead atoms. The lowest BCUT2D eigenvalue weighted by Crippen LogP contribution is -1.76. The van der Waals surface area contributed by atoms with E-state index in [0.29, 0.717) is 0 Å². The summed E-state index contributed by atoms with van der Waals surface area (Å²) in [5, 5.41) is 4.14. The average Bonchev–Trinajstić information content (AvgIpc) is 2.48. The minimum atomic E-state index is 0.811. The van der Waals surface area contributed by atoms with Crippen molar-refractivity contribution in [1.29, 1.82) is 0 Å². The SMILES string of the molecule is Clc1c(Br)cc2ccsc2c1I. The van der Waals surface area contributed by atoms with Crippen molar-refractivity contribution >= 4 is 71.5 Å². The van der Waals surface area contributed by atoms with Crippen molar-refractivity contribution in [3.8, 4) is 0 Å². The average molecular weight is 373 g/mol. The molecule has 0 fully saturated rings. The molecule has 0 saturated heterocycles. The van der Waals surface area contributed by atoms with Gasteiger partial charge in [-0.15, -0.1) is 11.3 Å². The van der Waals surface area contributed by atoms with Crippen LogP contribution in [0.25, 0.3) is 10.1 Å². The Morgan fingerprint density at radius 3 is 3.00 bits per heavy atom. The first-order chi connectivity index (χ1) is 5.70. The molecule has 12 heavy (non-hydrogen) atoms. The van der Waals surface area contributed by atoms with Crippen LogP contribution in [-0.4, -0.2) is 0 Å². The number of halogens is 3. The molecule has 0 amide bonds. The summed E-state index contributed by atoms with van der Waals surface area (Å²) in [5.41, 5.74) is 0. The van der Waals surface area contributed by atoms with Crippen LogP contribution in [0.4, 0.5) is 0 Å². The topological polar surface area (TPSA) is 0 Å². The van der Waals surface area contributed by atoms with Gasteiger partial charge in [0.2, 0.25) is 0 Å². The molecule has 0 nitrogen and oxygen atoms in total. The zero-order valence-corrected chi connectivity index (χ0v) is 11.1. The molecule has 0 atom stereocenters. The number of rotatable bonds is 0. The lowest BCUT2D eigenvalue weighted by molar-refractivity contribution is 1.71. The summed E-state index contributed by atoms with van der Waals surface area (Å²) in [6, 6.07) is 4.15. The van der Waals surface area contributed by atoms with Crippen LogP contribution in [0, 0.1) is 3.57 Å². The van der Waals surface area contributed by atoms with Gasteiger partial charge in [0.15, 0.2) is 0 Å². The zero-order chi connectivity index (χ0) is 8.72. The molecule has 2 aromatic rings. The van der Waals surface area contributed by atoms with E-state index < -0.39 is 0 Å². The number of hydrogen-bond donors (Lipinski definition) is 0. The zero-order valence-electron chi connectivity index (χ0n) is 5.77. The van der Waals surface area contributed by atoms with E-state index in [4.69, 9.17) is 11.6 Å². The molecule has 0 N–H and O–H groups in total. The van der Waals surface area contributed by atoms with Crippen LogP contribution in [0.3, 0.4) is 0 Å². The van der Waals surface area contributed by atoms with Crippen molar-refractivity contribution in [2.75, 3.05) is 0 Å². The Morgan fingerprint density at radius 1 is 1.50 bits per heavy atom. The van der Waals surface area contributed by atoms with E-state index in [1.165, 1.54) is 10.1 Å². The van der Waals surface area contributed by atoms with Crippen LogP contribution in [0.2, 0.25) is 5.02 Å². The predicted molar refractivity (Wildman–Crippen MR) is 67.3 cm³/mol. The summed E-state index contributed by atoms with van der Waals surface area (Å²) in [7, 11) is 0. The molecule has 1 aromatic heterocycles. The molecule has 1 aromatic carbocycles. The van der Waals surface area contributed by atoms with E-state index in [-0.39, 0.29) is 0 Å². The summed E-state index contributed by atoms with van der Waals surface area (Å²) in [4.78, 5) is 0. The summed E-state index contributed by atoms with van der Waals surface area (Å²) in [5.74, 6) is 0. The Morgan fingerprint density at radius 2 is 2.25 bits per heavy atom. The van der Waals surface area contributed by atoms with Crippen molar-refractivity contribution < 1.29 is 0 Å². The van der Waals surface area contributed by atoms with Gasteiger partial charge in [-0.3, -0.25) is 0 Å². The number of fused-ring (bicyclic) bond motifs is 1. The van der Waals surface area contributed by atoms with E-state index in [1.54, 1.807) is 11.3 Å². The van der Waals surface area contributed by atoms with Crippen molar-refractivity contribution in [2.45, 2.75) is 0 Å². The standard InChI is InChI=1S/C8H3BrClIS/c9-5-3-4-1-2-12-8(4)7(11)6(5)10/h1-3H. The lowest BCUT2D eigenvalue weighted by Gasteiger charge is -2.00.